The summed E-state index contributed by atoms with van der Waals surface area (Å²) in [5, 5.41) is 1.43. The average molecular weight is 531 g/mol. The predicted octanol–water partition coefficient (Wildman–Crippen LogP) is 4.37. The maximum Gasteiger partial charge on any atom is 0.408 e. The van der Waals surface area contributed by atoms with Gasteiger partial charge in [0, 0.05) is 25.2 Å². The average Bonchev–Trinajstić information content (AvgIpc) is 2.81. The molecule has 3 aromatic heterocycles. The van der Waals surface area contributed by atoms with Crippen LogP contribution in [0, 0.1) is 11.6 Å². The van der Waals surface area contributed by atoms with E-state index in [9.17, 15) is 40.3 Å². The monoisotopic (exact) mass is 531 g/mol. The first-order valence-corrected chi connectivity index (χ1v) is 11.2. The zero-order chi connectivity index (χ0) is 27.1. The second kappa shape index (κ2) is 9.63. The number of nitrogens with one attached hydrogen (secondary N) is 1. The van der Waals surface area contributed by atoms with Crippen molar-refractivity contribution in [1.82, 2.24) is 19.9 Å². The third-order valence-electron chi connectivity index (χ3n) is 5.92. The quantitative estimate of drug-likeness (QED) is 0.495. The number of pyridine rings is 3. The number of anilines is 1. The largest absolute Gasteiger partial charge is 0.408 e. The highest BCUT2D eigenvalue weighted by Gasteiger charge is 2.40. The van der Waals surface area contributed by atoms with Gasteiger partial charge in [-0.2, -0.15) is 13.2 Å². The van der Waals surface area contributed by atoms with Crippen molar-refractivity contribution >= 4 is 22.8 Å². The molecular formula is C23H20F7N5O2. The van der Waals surface area contributed by atoms with Crippen LogP contribution in [0.2, 0.25) is 0 Å². The fourth-order valence-electron chi connectivity index (χ4n) is 4.09. The Morgan fingerprint density at radius 3 is 2.59 bits per heavy atom. The molecule has 198 valence electrons. The number of rotatable bonds is 5. The third-order valence-corrected chi connectivity index (χ3v) is 5.92. The van der Waals surface area contributed by atoms with Crippen LogP contribution in [-0.4, -0.2) is 51.7 Å². The van der Waals surface area contributed by atoms with E-state index in [1.54, 1.807) is 5.32 Å². The molecule has 1 fully saturated rings. The molecule has 0 aromatic carbocycles. The second-order valence-electron chi connectivity index (χ2n) is 8.60. The first kappa shape index (κ1) is 26.4. The first-order valence-electron chi connectivity index (χ1n) is 11.2. The Morgan fingerprint density at radius 1 is 1.24 bits per heavy atom. The van der Waals surface area contributed by atoms with E-state index in [1.807, 2.05) is 0 Å². The summed E-state index contributed by atoms with van der Waals surface area (Å²) in [6, 6.07) is 0.613. The fraction of sp³-hybridized carbons (Fsp3) is 0.391. The summed E-state index contributed by atoms with van der Waals surface area (Å²) < 4.78 is 96.5. The number of nitrogens with zero attached hydrogens (tertiary/aromatic N) is 4. The molecule has 4 rings (SSSR count). The number of carbonyl (C=O) groups is 1. The normalized spacial score (nSPS) is 16.6. The molecule has 1 N–H and O–H groups in total. The molecule has 37 heavy (non-hydrogen) atoms. The summed E-state index contributed by atoms with van der Waals surface area (Å²) >= 11 is 0. The molecule has 0 spiro atoms. The molecule has 3 aromatic rings. The molecule has 0 radical (unpaired) electrons. The number of hydrogen-bond donors (Lipinski definition) is 1. The van der Waals surface area contributed by atoms with Crippen molar-refractivity contribution < 1.29 is 35.5 Å². The number of alkyl halides is 5. The Hall–Kier alpha value is -3.71. The molecule has 4 heterocycles. The Labute approximate surface area is 204 Å². The molecule has 7 nitrogen and oxygen atoms in total. The Morgan fingerprint density at radius 2 is 1.97 bits per heavy atom. The van der Waals surface area contributed by atoms with Crippen LogP contribution in [0.5, 0.6) is 0 Å². The standard InChI is InChI=1S/C23H20F7N5O2/c1-2-16(23(28,29)30)32-21(37)14-10-35(20-15(25)8-12(24)9-31-20)19-13(18(14)36)4-5-17(33-19)34-7-3-6-22(26,27)11-34/h4-5,8-10,16H,2-3,6-7,11H2,1H3,(H,32,37). The van der Waals surface area contributed by atoms with Gasteiger partial charge in [-0.3, -0.25) is 14.2 Å². The van der Waals surface area contributed by atoms with Crippen molar-refractivity contribution in [3.8, 4) is 5.82 Å². The van der Waals surface area contributed by atoms with Crippen molar-refractivity contribution in [1.29, 1.82) is 0 Å². The van der Waals surface area contributed by atoms with E-state index in [0.29, 0.717) is 12.3 Å². The van der Waals surface area contributed by atoms with E-state index < -0.39 is 65.5 Å². The Bertz CT molecular complexity index is 1410. The smallest absolute Gasteiger partial charge is 0.351 e. The van der Waals surface area contributed by atoms with E-state index in [0.717, 1.165) is 16.8 Å². The van der Waals surface area contributed by atoms with Gasteiger partial charge in [-0.05, 0) is 25.0 Å². The maximum absolute atomic E-state index is 14.7. The molecular weight excluding hydrogens is 511 g/mol. The van der Waals surface area contributed by atoms with Crippen molar-refractivity contribution in [2.24, 2.45) is 0 Å². The number of hydrogen-bond acceptors (Lipinski definition) is 5. The highest BCUT2D eigenvalue weighted by atomic mass is 19.4. The van der Waals surface area contributed by atoms with Crippen molar-refractivity contribution in [3.05, 3.63) is 58.0 Å². The molecule has 0 aliphatic carbocycles. The summed E-state index contributed by atoms with van der Waals surface area (Å²) in [5.74, 6) is -7.23. The number of amides is 1. The minimum atomic E-state index is -4.79. The van der Waals surface area contributed by atoms with Gasteiger partial charge in [0.15, 0.2) is 17.3 Å². The predicted molar refractivity (Wildman–Crippen MR) is 119 cm³/mol. The van der Waals surface area contributed by atoms with Crippen LogP contribution < -0.4 is 15.6 Å². The van der Waals surface area contributed by atoms with Crippen molar-refractivity contribution in [3.63, 3.8) is 0 Å². The van der Waals surface area contributed by atoms with Crippen LogP contribution in [0.4, 0.5) is 36.6 Å². The SMILES string of the molecule is CCC(NC(=O)c1cn(-c2ncc(F)cc2F)c2nc(N3CCCC(F)(F)C3)ccc2c1=O)C(F)(F)F. The fourth-order valence-corrected chi connectivity index (χ4v) is 4.09. The molecule has 1 saturated heterocycles. The molecule has 1 aliphatic rings. The highest BCUT2D eigenvalue weighted by Crippen LogP contribution is 2.30. The Kier molecular flexibility index (Phi) is 6.86. The summed E-state index contributed by atoms with van der Waals surface area (Å²) in [5.41, 5.74) is -2.11. The van der Waals surface area contributed by atoms with Gasteiger partial charge in [0.05, 0.1) is 18.1 Å². The van der Waals surface area contributed by atoms with Gasteiger partial charge in [0.2, 0.25) is 5.43 Å². The molecule has 1 atom stereocenters. The van der Waals surface area contributed by atoms with Gasteiger partial charge in [-0.15, -0.1) is 0 Å². The maximum atomic E-state index is 14.7. The number of piperidine rings is 1. The lowest BCUT2D eigenvalue weighted by Crippen LogP contribution is -2.46. The number of aromatic nitrogens is 3. The molecule has 14 heteroatoms. The summed E-state index contributed by atoms with van der Waals surface area (Å²) in [6.45, 7) is 0.748. The van der Waals surface area contributed by atoms with Gasteiger partial charge in [-0.1, -0.05) is 6.92 Å². The zero-order valence-electron chi connectivity index (χ0n) is 19.3. The van der Waals surface area contributed by atoms with E-state index >= 15 is 0 Å². The number of fused-ring (bicyclic) bond motifs is 1. The van der Waals surface area contributed by atoms with Crippen LogP contribution in [0.15, 0.2) is 35.4 Å². The van der Waals surface area contributed by atoms with E-state index in [-0.39, 0.29) is 36.2 Å². The molecule has 1 unspecified atom stereocenters. The van der Waals surface area contributed by atoms with Crippen LogP contribution in [0.25, 0.3) is 16.9 Å². The topological polar surface area (TPSA) is 80.1 Å². The molecule has 0 saturated carbocycles. The molecule has 1 amide bonds. The van der Waals surface area contributed by atoms with Gasteiger partial charge < -0.3 is 10.2 Å². The summed E-state index contributed by atoms with van der Waals surface area (Å²) in [6.07, 6.45) is -4.08. The van der Waals surface area contributed by atoms with Crippen LogP contribution in [0.3, 0.4) is 0 Å². The van der Waals surface area contributed by atoms with Crippen LogP contribution in [0.1, 0.15) is 36.5 Å². The van der Waals surface area contributed by atoms with Crippen LogP contribution in [-0.2, 0) is 0 Å². The lowest BCUT2D eigenvalue weighted by Gasteiger charge is -2.33. The summed E-state index contributed by atoms with van der Waals surface area (Å²) in [7, 11) is 0. The van der Waals surface area contributed by atoms with E-state index in [4.69, 9.17) is 0 Å². The van der Waals surface area contributed by atoms with Gasteiger partial charge in [-0.25, -0.2) is 27.5 Å². The lowest BCUT2D eigenvalue weighted by molar-refractivity contribution is -0.153. The number of halogens is 7. The van der Waals surface area contributed by atoms with E-state index in [2.05, 4.69) is 9.97 Å². The molecule has 0 bridgehead atoms. The van der Waals surface area contributed by atoms with Gasteiger partial charge in [0.25, 0.3) is 11.8 Å². The third kappa shape index (κ3) is 5.37. The first-order chi connectivity index (χ1) is 17.3. The Balaban J connectivity index is 1.90. The highest BCUT2D eigenvalue weighted by molar-refractivity contribution is 5.97. The zero-order valence-corrected chi connectivity index (χ0v) is 19.3. The van der Waals surface area contributed by atoms with Crippen molar-refractivity contribution in [2.45, 2.75) is 44.3 Å². The van der Waals surface area contributed by atoms with Gasteiger partial charge in [0.1, 0.15) is 23.2 Å². The number of carbonyl (C=O) groups excluding carboxylic acids is 1. The minimum Gasteiger partial charge on any atom is -0.351 e. The molecule has 1 aliphatic heterocycles. The minimum absolute atomic E-state index is 0.0165. The lowest BCUT2D eigenvalue weighted by atomic mass is 10.1. The van der Waals surface area contributed by atoms with E-state index in [1.165, 1.54) is 17.9 Å². The van der Waals surface area contributed by atoms with Crippen LogP contribution >= 0.6 is 0 Å². The summed E-state index contributed by atoms with van der Waals surface area (Å²) in [4.78, 5) is 34.9. The van der Waals surface area contributed by atoms with Crippen molar-refractivity contribution in [2.75, 3.05) is 18.0 Å². The van der Waals surface area contributed by atoms with Gasteiger partial charge >= 0.3 is 6.18 Å². The second-order valence-corrected chi connectivity index (χ2v) is 8.60.